The second kappa shape index (κ2) is 7.31. The molecule has 0 saturated carbocycles. The molecule has 2 aromatic rings. The predicted molar refractivity (Wildman–Crippen MR) is 86.3 cm³/mol. The average Bonchev–Trinajstić information content (AvgIpc) is 2.56. The van der Waals surface area contributed by atoms with E-state index >= 15 is 0 Å². The number of para-hydroxylation sites is 1. The molecule has 120 valence electrons. The number of rotatable bonds is 4. The molecule has 0 fully saturated rings. The van der Waals surface area contributed by atoms with Crippen LogP contribution in [0.4, 0.5) is 5.69 Å². The molecule has 0 bridgehead atoms. The zero-order valence-electron chi connectivity index (χ0n) is 12.9. The highest BCUT2D eigenvalue weighted by Gasteiger charge is 2.19. The standard InChI is InChI=1S/C17H18N2O4/c1-11(14-10-13(23-2)8-9-15(14)20)18-16(21)17(22)19-12-6-4-3-5-7-12/h3-11,20H,1-2H3,(H,18,21)(H,19,22)/t11-/m0/s1. The Bertz CT molecular complexity index is 701. The SMILES string of the molecule is COc1ccc(O)c([C@H](C)NC(=O)C(=O)Nc2ccccc2)c1. The van der Waals surface area contributed by atoms with Gasteiger partial charge in [-0.2, -0.15) is 0 Å². The zero-order chi connectivity index (χ0) is 16.8. The highest BCUT2D eigenvalue weighted by atomic mass is 16.5. The van der Waals surface area contributed by atoms with Gasteiger partial charge in [-0.25, -0.2) is 0 Å². The quantitative estimate of drug-likeness (QED) is 0.755. The van der Waals surface area contributed by atoms with E-state index < -0.39 is 17.9 Å². The second-order valence-corrected chi connectivity index (χ2v) is 4.94. The number of methoxy groups -OCH3 is 1. The van der Waals surface area contributed by atoms with Crippen LogP contribution in [0.1, 0.15) is 18.5 Å². The van der Waals surface area contributed by atoms with Gasteiger partial charge < -0.3 is 20.5 Å². The number of carbonyl (C=O) groups is 2. The molecular weight excluding hydrogens is 296 g/mol. The average molecular weight is 314 g/mol. The van der Waals surface area contributed by atoms with Crippen LogP contribution in [-0.2, 0) is 9.59 Å². The Kier molecular flexibility index (Phi) is 5.19. The minimum absolute atomic E-state index is 0.0158. The fraction of sp³-hybridized carbons (Fsp3) is 0.176. The lowest BCUT2D eigenvalue weighted by Gasteiger charge is -2.16. The molecule has 1 atom stereocenters. The van der Waals surface area contributed by atoms with Crippen LogP contribution in [0.25, 0.3) is 0 Å². The molecule has 0 aliphatic rings. The maximum absolute atomic E-state index is 12.0. The summed E-state index contributed by atoms with van der Waals surface area (Å²) in [6, 6.07) is 12.8. The molecular formula is C17H18N2O4. The zero-order valence-corrected chi connectivity index (χ0v) is 12.9. The highest BCUT2D eigenvalue weighted by Crippen LogP contribution is 2.28. The van der Waals surface area contributed by atoms with E-state index in [9.17, 15) is 14.7 Å². The number of carbonyl (C=O) groups excluding carboxylic acids is 2. The molecule has 3 N–H and O–H groups in total. The Morgan fingerprint density at radius 3 is 2.43 bits per heavy atom. The fourth-order valence-electron chi connectivity index (χ4n) is 2.06. The Morgan fingerprint density at radius 1 is 1.09 bits per heavy atom. The van der Waals surface area contributed by atoms with Crippen molar-refractivity contribution in [2.24, 2.45) is 0 Å². The van der Waals surface area contributed by atoms with E-state index in [1.165, 1.54) is 13.2 Å². The molecule has 2 amide bonds. The van der Waals surface area contributed by atoms with Gasteiger partial charge in [0, 0.05) is 11.3 Å². The normalized spacial score (nSPS) is 11.4. The topological polar surface area (TPSA) is 87.7 Å². The van der Waals surface area contributed by atoms with Gasteiger partial charge in [0.2, 0.25) is 0 Å². The van der Waals surface area contributed by atoms with E-state index in [0.29, 0.717) is 17.0 Å². The van der Waals surface area contributed by atoms with Crippen molar-refractivity contribution >= 4 is 17.5 Å². The molecule has 0 unspecified atom stereocenters. The van der Waals surface area contributed by atoms with Gasteiger partial charge in [0.25, 0.3) is 0 Å². The van der Waals surface area contributed by atoms with Crippen molar-refractivity contribution in [3.8, 4) is 11.5 Å². The summed E-state index contributed by atoms with van der Waals surface area (Å²) in [6.45, 7) is 1.67. The number of hydrogen-bond acceptors (Lipinski definition) is 4. The number of phenolic OH excluding ortho intramolecular Hbond substituents is 1. The number of nitrogens with one attached hydrogen (secondary N) is 2. The van der Waals surface area contributed by atoms with Crippen LogP contribution in [0.2, 0.25) is 0 Å². The molecule has 0 aliphatic carbocycles. The third-order valence-electron chi connectivity index (χ3n) is 3.29. The van der Waals surface area contributed by atoms with Gasteiger partial charge >= 0.3 is 11.8 Å². The molecule has 0 aromatic heterocycles. The Balaban J connectivity index is 2.03. The van der Waals surface area contributed by atoms with Gasteiger partial charge in [0.1, 0.15) is 11.5 Å². The van der Waals surface area contributed by atoms with Crippen LogP contribution in [0, 0.1) is 0 Å². The van der Waals surface area contributed by atoms with Crippen molar-refractivity contribution in [3.05, 3.63) is 54.1 Å². The largest absolute Gasteiger partial charge is 0.508 e. The molecule has 0 radical (unpaired) electrons. The predicted octanol–water partition coefficient (Wildman–Crippen LogP) is 2.22. The van der Waals surface area contributed by atoms with Crippen LogP contribution < -0.4 is 15.4 Å². The van der Waals surface area contributed by atoms with Crippen LogP contribution in [-0.4, -0.2) is 24.0 Å². The van der Waals surface area contributed by atoms with Crippen LogP contribution in [0.3, 0.4) is 0 Å². The van der Waals surface area contributed by atoms with E-state index in [-0.39, 0.29) is 5.75 Å². The first-order valence-electron chi connectivity index (χ1n) is 7.05. The van der Waals surface area contributed by atoms with Crippen LogP contribution >= 0.6 is 0 Å². The highest BCUT2D eigenvalue weighted by molar-refractivity contribution is 6.39. The summed E-state index contributed by atoms with van der Waals surface area (Å²) in [5.41, 5.74) is 0.995. The van der Waals surface area contributed by atoms with E-state index in [0.717, 1.165) is 0 Å². The first kappa shape index (κ1) is 16.4. The van der Waals surface area contributed by atoms with Crippen molar-refractivity contribution < 1.29 is 19.4 Å². The van der Waals surface area contributed by atoms with E-state index in [2.05, 4.69) is 10.6 Å². The van der Waals surface area contributed by atoms with Crippen LogP contribution in [0.5, 0.6) is 11.5 Å². The third-order valence-corrected chi connectivity index (χ3v) is 3.29. The van der Waals surface area contributed by atoms with Crippen molar-refractivity contribution in [1.29, 1.82) is 0 Å². The summed E-state index contributed by atoms with van der Waals surface area (Å²) >= 11 is 0. The first-order chi connectivity index (χ1) is 11.0. The van der Waals surface area contributed by atoms with Crippen molar-refractivity contribution in [2.45, 2.75) is 13.0 Å². The van der Waals surface area contributed by atoms with Gasteiger partial charge in [0.05, 0.1) is 13.2 Å². The monoisotopic (exact) mass is 314 g/mol. The smallest absolute Gasteiger partial charge is 0.313 e. The lowest BCUT2D eigenvalue weighted by Crippen LogP contribution is -2.36. The summed E-state index contributed by atoms with van der Waals surface area (Å²) in [4.78, 5) is 23.8. The van der Waals surface area contributed by atoms with Crippen molar-refractivity contribution in [2.75, 3.05) is 12.4 Å². The molecule has 23 heavy (non-hydrogen) atoms. The Labute approximate surface area is 134 Å². The second-order valence-electron chi connectivity index (χ2n) is 4.94. The number of anilines is 1. The molecule has 2 rings (SSSR count). The fourth-order valence-corrected chi connectivity index (χ4v) is 2.06. The van der Waals surface area contributed by atoms with Crippen molar-refractivity contribution in [1.82, 2.24) is 5.32 Å². The van der Waals surface area contributed by atoms with Gasteiger partial charge in [0.15, 0.2) is 0 Å². The number of hydrogen-bond donors (Lipinski definition) is 3. The molecule has 0 aliphatic heterocycles. The third kappa shape index (κ3) is 4.23. The molecule has 0 heterocycles. The molecule has 0 saturated heterocycles. The summed E-state index contributed by atoms with van der Waals surface area (Å²) in [7, 11) is 1.51. The van der Waals surface area contributed by atoms with Gasteiger partial charge in [-0.1, -0.05) is 18.2 Å². The van der Waals surface area contributed by atoms with E-state index in [4.69, 9.17) is 4.74 Å². The van der Waals surface area contributed by atoms with Crippen molar-refractivity contribution in [3.63, 3.8) is 0 Å². The number of phenols is 1. The van der Waals surface area contributed by atoms with Crippen LogP contribution in [0.15, 0.2) is 48.5 Å². The lowest BCUT2D eigenvalue weighted by atomic mass is 10.1. The maximum atomic E-state index is 12.0. The molecule has 6 heteroatoms. The Hall–Kier alpha value is -3.02. The number of amides is 2. The lowest BCUT2D eigenvalue weighted by molar-refractivity contribution is -0.136. The number of benzene rings is 2. The van der Waals surface area contributed by atoms with Gasteiger partial charge in [-0.05, 0) is 37.3 Å². The Morgan fingerprint density at radius 2 is 1.78 bits per heavy atom. The summed E-state index contributed by atoms with van der Waals surface area (Å²) in [5.74, 6) is -0.997. The maximum Gasteiger partial charge on any atom is 0.313 e. The summed E-state index contributed by atoms with van der Waals surface area (Å²) in [6.07, 6.45) is 0. The molecule has 0 spiro atoms. The summed E-state index contributed by atoms with van der Waals surface area (Å²) < 4.78 is 5.09. The molecule has 6 nitrogen and oxygen atoms in total. The number of aromatic hydroxyl groups is 1. The number of ether oxygens (including phenoxy) is 1. The minimum atomic E-state index is -0.788. The first-order valence-corrected chi connectivity index (χ1v) is 7.05. The minimum Gasteiger partial charge on any atom is -0.508 e. The summed E-state index contributed by atoms with van der Waals surface area (Å²) in [5, 5.41) is 14.9. The van der Waals surface area contributed by atoms with Gasteiger partial charge in [-0.3, -0.25) is 9.59 Å². The van der Waals surface area contributed by atoms with E-state index in [1.54, 1.807) is 43.3 Å². The van der Waals surface area contributed by atoms with Gasteiger partial charge in [-0.15, -0.1) is 0 Å². The van der Waals surface area contributed by atoms with E-state index in [1.807, 2.05) is 6.07 Å². The molecule has 2 aromatic carbocycles.